The van der Waals surface area contributed by atoms with E-state index >= 15 is 0 Å². The van der Waals surface area contributed by atoms with Gasteiger partial charge in [-0.1, -0.05) is 44.4 Å². The molecule has 3 nitrogen and oxygen atoms in total. The van der Waals surface area contributed by atoms with Crippen LogP contribution < -0.4 is 10.1 Å². The monoisotopic (exact) mass is 290 g/mol. The van der Waals surface area contributed by atoms with E-state index in [0.29, 0.717) is 12.1 Å². The Hall–Kier alpha value is -1.06. The molecule has 1 aromatic carbocycles. The predicted octanol–water partition coefficient (Wildman–Crippen LogP) is 3.44. The largest absolute Gasteiger partial charge is 0.496 e. The second kappa shape index (κ2) is 8.40. The maximum absolute atomic E-state index is 5.49. The summed E-state index contributed by atoms with van der Waals surface area (Å²) in [4.78, 5) is 2.51. The van der Waals surface area contributed by atoms with Crippen LogP contribution in [-0.2, 0) is 6.54 Å². The molecule has 1 aliphatic rings. The zero-order valence-corrected chi connectivity index (χ0v) is 13.8. The van der Waals surface area contributed by atoms with Crippen LogP contribution in [0.25, 0.3) is 0 Å². The van der Waals surface area contributed by atoms with Gasteiger partial charge < -0.3 is 10.1 Å². The Labute approximate surface area is 129 Å². The molecule has 0 aromatic heterocycles. The zero-order valence-electron chi connectivity index (χ0n) is 13.8. The van der Waals surface area contributed by atoms with Gasteiger partial charge >= 0.3 is 0 Å². The first kappa shape index (κ1) is 16.3. The Morgan fingerprint density at radius 3 is 2.71 bits per heavy atom. The number of ether oxygens (including phenoxy) is 1. The van der Waals surface area contributed by atoms with E-state index in [0.717, 1.165) is 18.8 Å². The third-order valence-electron chi connectivity index (χ3n) is 4.62. The Bertz CT molecular complexity index is 421. The summed E-state index contributed by atoms with van der Waals surface area (Å²) in [6, 6.07) is 9.61. The van der Waals surface area contributed by atoms with Crippen LogP contribution in [0.4, 0.5) is 0 Å². The highest BCUT2D eigenvalue weighted by Crippen LogP contribution is 2.25. The fraction of sp³-hybridized carbons (Fsp3) is 0.667. The summed E-state index contributed by atoms with van der Waals surface area (Å²) >= 11 is 0. The van der Waals surface area contributed by atoms with Crippen LogP contribution in [0, 0.1) is 0 Å². The van der Waals surface area contributed by atoms with Crippen molar-refractivity contribution in [3.63, 3.8) is 0 Å². The van der Waals surface area contributed by atoms with E-state index in [1.54, 1.807) is 7.11 Å². The van der Waals surface area contributed by atoms with Crippen molar-refractivity contribution in [2.24, 2.45) is 0 Å². The van der Waals surface area contributed by atoms with Gasteiger partial charge in [0.2, 0.25) is 0 Å². The van der Waals surface area contributed by atoms with Gasteiger partial charge in [0.1, 0.15) is 5.75 Å². The van der Waals surface area contributed by atoms with Crippen LogP contribution in [0.1, 0.15) is 44.6 Å². The normalized spacial score (nSPS) is 23.0. The fourth-order valence-corrected chi connectivity index (χ4v) is 3.54. The van der Waals surface area contributed by atoms with E-state index < -0.39 is 0 Å². The molecule has 1 saturated carbocycles. The summed E-state index contributed by atoms with van der Waals surface area (Å²) in [6.07, 6.45) is 6.68. The van der Waals surface area contributed by atoms with E-state index in [-0.39, 0.29) is 0 Å². The number of hydrogen-bond donors (Lipinski definition) is 1. The number of para-hydroxylation sites is 1. The number of likely N-dealkylation sites (N-methyl/N-ethyl adjacent to an activating group) is 2. The van der Waals surface area contributed by atoms with E-state index in [1.165, 1.54) is 37.7 Å². The van der Waals surface area contributed by atoms with Crippen molar-refractivity contribution in [2.75, 3.05) is 20.7 Å². The Morgan fingerprint density at radius 1 is 1.19 bits per heavy atom. The van der Waals surface area contributed by atoms with Crippen molar-refractivity contribution in [1.29, 1.82) is 0 Å². The summed E-state index contributed by atoms with van der Waals surface area (Å²) in [5.74, 6) is 0.998. The average molecular weight is 290 g/mol. The minimum absolute atomic E-state index is 0.622. The Balaban J connectivity index is 2.07. The van der Waals surface area contributed by atoms with Gasteiger partial charge in [-0.15, -0.1) is 0 Å². The van der Waals surface area contributed by atoms with E-state index in [4.69, 9.17) is 4.74 Å². The number of hydrogen-bond acceptors (Lipinski definition) is 3. The van der Waals surface area contributed by atoms with Gasteiger partial charge in [-0.3, -0.25) is 4.90 Å². The molecule has 1 aliphatic carbocycles. The van der Waals surface area contributed by atoms with Crippen LogP contribution in [0.2, 0.25) is 0 Å². The molecule has 3 heteroatoms. The second-order valence-corrected chi connectivity index (χ2v) is 6.10. The standard InChI is InChI=1S/C18H30N2O/c1-4-19-16-11-6-5-7-12-17(16)20(2)14-15-10-8-9-13-18(15)21-3/h8-10,13,16-17,19H,4-7,11-12,14H2,1-3H3. The zero-order chi connectivity index (χ0) is 15.1. The van der Waals surface area contributed by atoms with Crippen molar-refractivity contribution < 1.29 is 4.74 Å². The van der Waals surface area contributed by atoms with Crippen LogP contribution in [0.15, 0.2) is 24.3 Å². The topological polar surface area (TPSA) is 24.5 Å². The van der Waals surface area contributed by atoms with Gasteiger partial charge in [0.05, 0.1) is 7.11 Å². The molecular formula is C18H30N2O. The number of methoxy groups -OCH3 is 1. The summed E-state index contributed by atoms with van der Waals surface area (Å²) < 4.78 is 5.49. The number of rotatable bonds is 6. The van der Waals surface area contributed by atoms with Crippen molar-refractivity contribution in [1.82, 2.24) is 10.2 Å². The minimum Gasteiger partial charge on any atom is -0.496 e. The summed E-state index contributed by atoms with van der Waals surface area (Å²) in [6.45, 7) is 4.22. The lowest BCUT2D eigenvalue weighted by Gasteiger charge is -2.34. The molecule has 1 aromatic rings. The molecule has 2 unspecified atom stereocenters. The van der Waals surface area contributed by atoms with Crippen molar-refractivity contribution in [2.45, 2.75) is 57.7 Å². The highest BCUT2D eigenvalue weighted by molar-refractivity contribution is 5.33. The number of nitrogens with one attached hydrogen (secondary N) is 1. The fourth-order valence-electron chi connectivity index (χ4n) is 3.54. The van der Waals surface area contributed by atoms with Crippen molar-refractivity contribution in [3.05, 3.63) is 29.8 Å². The summed E-state index contributed by atoms with van der Waals surface area (Å²) in [7, 11) is 4.01. The highest BCUT2D eigenvalue weighted by Gasteiger charge is 2.26. The van der Waals surface area contributed by atoms with Gasteiger partial charge in [-0.25, -0.2) is 0 Å². The molecule has 21 heavy (non-hydrogen) atoms. The lowest BCUT2D eigenvalue weighted by atomic mass is 10.0. The van der Waals surface area contributed by atoms with Crippen LogP contribution in [0.3, 0.4) is 0 Å². The molecule has 0 radical (unpaired) electrons. The Morgan fingerprint density at radius 2 is 1.95 bits per heavy atom. The molecule has 2 rings (SSSR count). The van der Waals surface area contributed by atoms with Gasteiger partial charge in [-0.05, 0) is 32.5 Å². The molecule has 0 saturated heterocycles. The molecule has 0 aliphatic heterocycles. The third-order valence-corrected chi connectivity index (χ3v) is 4.62. The summed E-state index contributed by atoms with van der Waals surface area (Å²) in [5.41, 5.74) is 1.28. The minimum atomic E-state index is 0.622. The lowest BCUT2D eigenvalue weighted by Crippen LogP contribution is -2.47. The van der Waals surface area contributed by atoms with E-state index in [9.17, 15) is 0 Å². The van der Waals surface area contributed by atoms with Gasteiger partial charge in [-0.2, -0.15) is 0 Å². The maximum atomic E-state index is 5.49. The van der Waals surface area contributed by atoms with Crippen LogP contribution in [0.5, 0.6) is 5.75 Å². The van der Waals surface area contributed by atoms with Crippen molar-refractivity contribution in [3.8, 4) is 5.75 Å². The summed E-state index contributed by atoms with van der Waals surface area (Å²) in [5, 5.41) is 3.70. The smallest absolute Gasteiger partial charge is 0.123 e. The first-order valence-electron chi connectivity index (χ1n) is 8.31. The predicted molar refractivity (Wildman–Crippen MR) is 88.8 cm³/mol. The number of nitrogens with zero attached hydrogens (tertiary/aromatic N) is 1. The lowest BCUT2D eigenvalue weighted by molar-refractivity contribution is 0.174. The van der Waals surface area contributed by atoms with Crippen molar-refractivity contribution >= 4 is 0 Å². The van der Waals surface area contributed by atoms with Gasteiger partial charge in [0.15, 0.2) is 0 Å². The molecule has 0 spiro atoms. The molecule has 0 amide bonds. The SMILES string of the molecule is CCNC1CCCCCC1N(C)Cc1ccccc1OC. The molecular weight excluding hydrogens is 260 g/mol. The quantitative estimate of drug-likeness (QED) is 0.812. The molecule has 118 valence electrons. The first-order valence-corrected chi connectivity index (χ1v) is 8.31. The first-order chi connectivity index (χ1) is 10.3. The second-order valence-electron chi connectivity index (χ2n) is 6.10. The molecule has 2 atom stereocenters. The highest BCUT2D eigenvalue weighted by atomic mass is 16.5. The van der Waals surface area contributed by atoms with Gasteiger partial charge in [0.25, 0.3) is 0 Å². The molecule has 0 bridgehead atoms. The number of benzene rings is 1. The maximum Gasteiger partial charge on any atom is 0.123 e. The van der Waals surface area contributed by atoms with E-state index in [2.05, 4.69) is 42.4 Å². The molecule has 0 heterocycles. The van der Waals surface area contributed by atoms with Crippen LogP contribution in [-0.4, -0.2) is 37.7 Å². The molecule has 1 fully saturated rings. The van der Waals surface area contributed by atoms with Gasteiger partial charge in [0, 0.05) is 24.2 Å². The third kappa shape index (κ3) is 4.45. The van der Waals surface area contributed by atoms with E-state index in [1.807, 2.05) is 6.07 Å². The molecule has 1 N–H and O–H groups in total. The Kier molecular flexibility index (Phi) is 6.52. The average Bonchev–Trinajstić information content (AvgIpc) is 2.74. The van der Waals surface area contributed by atoms with Crippen LogP contribution >= 0.6 is 0 Å².